The van der Waals surface area contributed by atoms with Crippen LogP contribution < -0.4 is 16.2 Å². The predicted molar refractivity (Wildman–Crippen MR) is 137 cm³/mol. The van der Waals surface area contributed by atoms with Crippen molar-refractivity contribution in [1.29, 1.82) is 0 Å². The predicted octanol–water partition coefficient (Wildman–Crippen LogP) is 2.87. The Labute approximate surface area is 206 Å². The van der Waals surface area contributed by atoms with E-state index in [2.05, 4.69) is 21.3 Å². The van der Waals surface area contributed by atoms with Crippen molar-refractivity contribution in [2.24, 2.45) is 11.5 Å². The number of primary amides is 1. The van der Waals surface area contributed by atoms with Gasteiger partial charge in [-0.15, -0.1) is 0 Å². The molecule has 1 fully saturated rings. The Hall–Kier alpha value is -2.39. The van der Waals surface area contributed by atoms with Crippen LogP contribution in [0.1, 0.15) is 31.2 Å². The lowest BCUT2D eigenvalue weighted by atomic mass is 10.1. The van der Waals surface area contributed by atoms with Gasteiger partial charge >= 0.3 is 0 Å². The van der Waals surface area contributed by atoms with E-state index < -0.39 is 6.04 Å². The number of nitrogens with two attached hydrogens (primary N) is 2. The van der Waals surface area contributed by atoms with Crippen LogP contribution in [0.3, 0.4) is 0 Å². The van der Waals surface area contributed by atoms with Gasteiger partial charge in [0.05, 0.1) is 18.7 Å². The molecule has 2 aromatic rings. The van der Waals surface area contributed by atoms with Crippen LogP contribution in [0.5, 0.6) is 5.75 Å². The van der Waals surface area contributed by atoms with Crippen LogP contribution in [0.15, 0.2) is 59.5 Å². The molecule has 3 unspecified atom stereocenters. The first-order chi connectivity index (χ1) is 16.5. The number of rotatable bonds is 9. The normalized spacial score (nSPS) is 20.6. The molecular formula is C26H36N4O3S. The number of nitrogens with zero attached hydrogens (tertiary/aromatic N) is 2. The number of hydrogen-bond donors (Lipinski definition) is 2. The van der Waals surface area contributed by atoms with E-state index in [0.29, 0.717) is 12.6 Å². The summed E-state index contributed by atoms with van der Waals surface area (Å²) in [5.41, 5.74) is 12.6. The molecule has 2 aliphatic heterocycles. The van der Waals surface area contributed by atoms with Gasteiger partial charge in [0.1, 0.15) is 12.0 Å². The number of ether oxygens (including phenoxy) is 1. The van der Waals surface area contributed by atoms with Gasteiger partial charge in [-0.05, 0) is 74.9 Å². The molecule has 4 N–H and O–H groups in total. The SMILES string of the molecule is CN1C(CCN(CC(N)C=O)Sc2ccccc2)CCC1C(N)=O.c1ccc2c(c1)CCCO2. The van der Waals surface area contributed by atoms with Crippen molar-refractivity contribution < 1.29 is 14.3 Å². The lowest BCUT2D eigenvalue weighted by Crippen LogP contribution is -2.42. The zero-order valence-corrected chi connectivity index (χ0v) is 20.7. The van der Waals surface area contributed by atoms with Crippen molar-refractivity contribution in [3.8, 4) is 5.75 Å². The number of hydrogen-bond acceptors (Lipinski definition) is 7. The number of carbonyl (C=O) groups excluding carboxylic acids is 2. The number of para-hydroxylation sites is 1. The third kappa shape index (κ3) is 7.84. The summed E-state index contributed by atoms with van der Waals surface area (Å²) >= 11 is 1.61. The van der Waals surface area contributed by atoms with Crippen molar-refractivity contribution in [3.63, 3.8) is 0 Å². The largest absolute Gasteiger partial charge is 0.493 e. The molecule has 4 rings (SSSR count). The Balaban J connectivity index is 0.000000266. The fourth-order valence-corrected chi connectivity index (χ4v) is 5.40. The van der Waals surface area contributed by atoms with Gasteiger partial charge in [-0.25, -0.2) is 4.31 Å². The van der Waals surface area contributed by atoms with E-state index in [1.807, 2.05) is 49.5 Å². The smallest absolute Gasteiger partial charge is 0.234 e. The zero-order chi connectivity index (χ0) is 24.3. The zero-order valence-electron chi connectivity index (χ0n) is 19.8. The van der Waals surface area contributed by atoms with Crippen LogP contribution >= 0.6 is 11.9 Å². The molecule has 7 nitrogen and oxygen atoms in total. The van der Waals surface area contributed by atoms with E-state index in [-0.39, 0.29) is 11.9 Å². The maximum atomic E-state index is 11.4. The highest BCUT2D eigenvalue weighted by Crippen LogP contribution is 2.27. The number of likely N-dealkylation sites (tertiary alicyclic amines) is 1. The molecule has 34 heavy (non-hydrogen) atoms. The van der Waals surface area contributed by atoms with Crippen LogP contribution in [0.25, 0.3) is 0 Å². The maximum absolute atomic E-state index is 11.4. The van der Waals surface area contributed by atoms with Crippen LogP contribution in [0.2, 0.25) is 0 Å². The second kappa shape index (κ2) is 13.5. The summed E-state index contributed by atoms with van der Waals surface area (Å²) in [5.74, 6) is 0.826. The summed E-state index contributed by atoms with van der Waals surface area (Å²) in [4.78, 5) is 25.5. The van der Waals surface area contributed by atoms with Crippen molar-refractivity contribution in [1.82, 2.24) is 9.21 Å². The number of carbonyl (C=O) groups is 2. The molecule has 3 atom stereocenters. The van der Waals surface area contributed by atoms with E-state index in [0.717, 1.165) is 55.8 Å². The van der Waals surface area contributed by atoms with Crippen molar-refractivity contribution in [2.45, 2.75) is 55.1 Å². The summed E-state index contributed by atoms with van der Waals surface area (Å²) in [6.07, 6.45) is 5.81. The molecule has 0 aromatic heterocycles. The molecule has 0 saturated carbocycles. The molecule has 0 radical (unpaired) electrons. The third-order valence-corrected chi connectivity index (χ3v) is 7.34. The van der Waals surface area contributed by atoms with Crippen molar-refractivity contribution in [2.75, 3.05) is 26.7 Å². The Morgan fingerprint density at radius 2 is 1.94 bits per heavy atom. The minimum atomic E-state index is -0.499. The lowest BCUT2D eigenvalue weighted by molar-refractivity contribution is -0.122. The summed E-state index contributed by atoms with van der Waals surface area (Å²) in [7, 11) is 1.96. The molecule has 2 aromatic carbocycles. The standard InChI is InChI=1S/C17H26N4O2S.C9H10O/c1-20-14(7-8-16(20)17(19)23)9-10-21(11-13(18)12-22)24-15-5-3-2-4-6-15;1-2-6-9-8(4-1)5-3-7-10-9/h2-6,12-14,16H,7-11,18H2,1H3,(H2,19,23);1-2,4,6H,3,5,7H2. The number of fused-ring (bicyclic) bond motifs is 1. The number of aryl methyl sites for hydroxylation is 1. The van der Waals surface area contributed by atoms with Gasteiger partial charge in [-0.3, -0.25) is 9.69 Å². The topological polar surface area (TPSA) is 102 Å². The third-order valence-electron chi connectivity index (χ3n) is 6.27. The summed E-state index contributed by atoms with van der Waals surface area (Å²) < 4.78 is 7.55. The molecule has 1 saturated heterocycles. The summed E-state index contributed by atoms with van der Waals surface area (Å²) in [5, 5.41) is 0. The van der Waals surface area contributed by atoms with Crippen LogP contribution in [-0.4, -0.2) is 66.3 Å². The minimum Gasteiger partial charge on any atom is -0.493 e. The number of likely N-dealkylation sites (N-methyl/N-ethyl adjacent to an activating group) is 1. The van der Waals surface area contributed by atoms with Crippen LogP contribution in [0, 0.1) is 0 Å². The van der Waals surface area contributed by atoms with Gasteiger partial charge in [0, 0.05) is 24.0 Å². The molecule has 0 bridgehead atoms. The Kier molecular flexibility index (Phi) is 10.4. The van der Waals surface area contributed by atoms with Gasteiger partial charge in [0.25, 0.3) is 0 Å². The first kappa shape index (κ1) is 26.2. The molecule has 0 aliphatic carbocycles. The number of amides is 1. The molecule has 8 heteroatoms. The second-order valence-electron chi connectivity index (χ2n) is 8.76. The monoisotopic (exact) mass is 484 g/mol. The molecule has 184 valence electrons. The van der Waals surface area contributed by atoms with Crippen LogP contribution in [0.4, 0.5) is 0 Å². The van der Waals surface area contributed by atoms with Crippen molar-refractivity contribution >= 4 is 24.1 Å². The lowest BCUT2D eigenvalue weighted by Gasteiger charge is -2.27. The quantitative estimate of drug-likeness (QED) is 0.417. The van der Waals surface area contributed by atoms with E-state index in [1.165, 1.54) is 12.0 Å². The van der Waals surface area contributed by atoms with Gasteiger partial charge < -0.3 is 21.0 Å². The summed E-state index contributed by atoms with van der Waals surface area (Å²) in [6, 6.07) is 17.9. The molecule has 0 spiro atoms. The van der Waals surface area contributed by atoms with Gasteiger partial charge in [-0.1, -0.05) is 36.4 Å². The Bertz CT molecular complexity index is 889. The molecule has 1 amide bonds. The number of aldehydes is 1. The number of benzene rings is 2. The van der Waals surface area contributed by atoms with Gasteiger partial charge in [0.2, 0.25) is 5.91 Å². The van der Waals surface area contributed by atoms with Crippen LogP contribution in [-0.2, 0) is 16.0 Å². The molecular weight excluding hydrogens is 448 g/mol. The second-order valence-corrected chi connectivity index (χ2v) is 9.93. The fraction of sp³-hybridized carbons (Fsp3) is 0.462. The average molecular weight is 485 g/mol. The Morgan fingerprint density at radius 3 is 2.62 bits per heavy atom. The summed E-state index contributed by atoms with van der Waals surface area (Å²) in [6.45, 7) is 2.18. The minimum absolute atomic E-state index is 0.164. The average Bonchev–Trinajstić information content (AvgIpc) is 3.24. The molecule has 2 aliphatic rings. The Morgan fingerprint density at radius 1 is 1.21 bits per heavy atom. The highest BCUT2D eigenvalue weighted by Gasteiger charge is 2.33. The highest BCUT2D eigenvalue weighted by atomic mass is 32.2. The van der Waals surface area contributed by atoms with E-state index in [1.54, 1.807) is 11.9 Å². The van der Waals surface area contributed by atoms with Crippen molar-refractivity contribution in [3.05, 3.63) is 60.2 Å². The van der Waals surface area contributed by atoms with E-state index >= 15 is 0 Å². The first-order valence-electron chi connectivity index (χ1n) is 11.9. The fourth-order valence-electron chi connectivity index (χ4n) is 4.37. The van der Waals surface area contributed by atoms with E-state index in [4.69, 9.17) is 16.2 Å². The van der Waals surface area contributed by atoms with E-state index in [9.17, 15) is 9.59 Å². The van der Waals surface area contributed by atoms with Gasteiger partial charge in [-0.2, -0.15) is 0 Å². The highest BCUT2D eigenvalue weighted by molar-refractivity contribution is 7.97. The van der Waals surface area contributed by atoms with Gasteiger partial charge in [0.15, 0.2) is 0 Å². The maximum Gasteiger partial charge on any atom is 0.234 e. The first-order valence-corrected chi connectivity index (χ1v) is 12.7. The molecule has 2 heterocycles.